The van der Waals surface area contributed by atoms with Crippen molar-refractivity contribution in [2.45, 2.75) is 33.6 Å². The summed E-state index contributed by atoms with van der Waals surface area (Å²) in [6.45, 7) is 5.37. The molecule has 1 amide bonds. The Morgan fingerprint density at radius 3 is 2.58 bits per heavy atom. The van der Waals surface area contributed by atoms with Crippen LogP contribution in [0.5, 0.6) is 0 Å². The highest BCUT2D eigenvalue weighted by Gasteiger charge is 2.35. The fraction of sp³-hybridized carbons (Fsp3) is 0.412. The second-order valence-electron chi connectivity index (χ2n) is 5.88. The molecule has 0 aliphatic carbocycles. The SMILES string of the molecule is CCC(CC)(CNC(=O)c1cnc2cc(C)ccn2c1=O)C(=O)O. The summed E-state index contributed by atoms with van der Waals surface area (Å²) in [5.41, 5.74) is -0.211. The Hall–Kier alpha value is -2.70. The van der Waals surface area contributed by atoms with E-state index in [1.54, 1.807) is 32.2 Å². The Kier molecular flexibility index (Phi) is 5.02. The zero-order chi connectivity index (χ0) is 17.9. The van der Waals surface area contributed by atoms with Crippen LogP contribution in [0.3, 0.4) is 0 Å². The highest BCUT2D eigenvalue weighted by atomic mass is 16.4. The Labute approximate surface area is 139 Å². The number of nitrogens with one attached hydrogen (secondary N) is 1. The molecule has 24 heavy (non-hydrogen) atoms. The molecule has 7 heteroatoms. The van der Waals surface area contributed by atoms with Crippen LogP contribution in [-0.2, 0) is 4.79 Å². The lowest BCUT2D eigenvalue weighted by Gasteiger charge is -2.26. The second-order valence-corrected chi connectivity index (χ2v) is 5.88. The number of aryl methyl sites for hydroxylation is 1. The molecular formula is C17H21N3O4. The van der Waals surface area contributed by atoms with Crippen molar-refractivity contribution in [3.8, 4) is 0 Å². The number of hydrogen-bond acceptors (Lipinski definition) is 4. The largest absolute Gasteiger partial charge is 0.481 e. The van der Waals surface area contributed by atoms with E-state index in [4.69, 9.17) is 0 Å². The van der Waals surface area contributed by atoms with E-state index in [0.717, 1.165) is 5.56 Å². The highest BCUT2D eigenvalue weighted by Crippen LogP contribution is 2.25. The lowest BCUT2D eigenvalue weighted by molar-refractivity contribution is -0.149. The first-order chi connectivity index (χ1) is 11.3. The predicted molar refractivity (Wildman–Crippen MR) is 89.2 cm³/mol. The van der Waals surface area contributed by atoms with Crippen LogP contribution in [0.15, 0.2) is 29.3 Å². The predicted octanol–water partition coefficient (Wildman–Crippen LogP) is 1.62. The number of fused-ring (bicyclic) bond motifs is 1. The molecule has 0 spiro atoms. The van der Waals surface area contributed by atoms with E-state index in [-0.39, 0.29) is 12.1 Å². The van der Waals surface area contributed by atoms with E-state index < -0.39 is 22.9 Å². The van der Waals surface area contributed by atoms with Gasteiger partial charge in [0, 0.05) is 18.9 Å². The number of nitrogens with zero attached hydrogens (tertiary/aromatic N) is 2. The number of carbonyl (C=O) groups is 2. The maximum absolute atomic E-state index is 12.4. The molecule has 0 saturated heterocycles. The molecule has 2 aromatic heterocycles. The quantitative estimate of drug-likeness (QED) is 0.838. The number of amides is 1. The number of rotatable bonds is 6. The van der Waals surface area contributed by atoms with E-state index in [0.29, 0.717) is 18.5 Å². The lowest BCUT2D eigenvalue weighted by atomic mass is 9.82. The van der Waals surface area contributed by atoms with Gasteiger partial charge in [-0.1, -0.05) is 13.8 Å². The van der Waals surface area contributed by atoms with Gasteiger partial charge in [-0.15, -0.1) is 0 Å². The Morgan fingerprint density at radius 1 is 1.33 bits per heavy atom. The molecule has 0 radical (unpaired) electrons. The zero-order valence-electron chi connectivity index (χ0n) is 14.0. The molecule has 0 saturated carbocycles. The summed E-state index contributed by atoms with van der Waals surface area (Å²) in [7, 11) is 0. The van der Waals surface area contributed by atoms with E-state index >= 15 is 0 Å². The molecule has 2 N–H and O–H groups in total. The molecule has 2 rings (SSSR count). The van der Waals surface area contributed by atoms with Gasteiger partial charge in [0.1, 0.15) is 11.2 Å². The van der Waals surface area contributed by atoms with Crippen LogP contribution in [0.2, 0.25) is 0 Å². The minimum Gasteiger partial charge on any atom is -0.481 e. The number of carboxylic acids is 1. The zero-order valence-corrected chi connectivity index (χ0v) is 14.0. The average molecular weight is 331 g/mol. The van der Waals surface area contributed by atoms with Gasteiger partial charge in [-0.2, -0.15) is 0 Å². The summed E-state index contributed by atoms with van der Waals surface area (Å²) in [6, 6.07) is 3.49. The van der Waals surface area contributed by atoms with Gasteiger partial charge in [-0.05, 0) is 37.5 Å². The van der Waals surface area contributed by atoms with Crippen LogP contribution >= 0.6 is 0 Å². The third-order valence-corrected chi connectivity index (χ3v) is 4.50. The maximum Gasteiger partial charge on any atom is 0.311 e. The van der Waals surface area contributed by atoms with Crippen molar-refractivity contribution < 1.29 is 14.7 Å². The van der Waals surface area contributed by atoms with E-state index in [1.807, 2.05) is 6.92 Å². The van der Waals surface area contributed by atoms with Crippen molar-refractivity contribution in [2.75, 3.05) is 6.54 Å². The molecule has 0 unspecified atom stereocenters. The standard InChI is InChI=1S/C17H21N3O4/c1-4-17(5-2,16(23)24)10-19-14(21)12-9-18-13-8-11(3)6-7-20(13)15(12)22/h6-9H,4-5,10H2,1-3H3,(H,19,21)(H,23,24). The van der Waals surface area contributed by atoms with E-state index in [1.165, 1.54) is 10.6 Å². The second kappa shape index (κ2) is 6.82. The van der Waals surface area contributed by atoms with Gasteiger partial charge in [-0.3, -0.25) is 18.8 Å². The third-order valence-electron chi connectivity index (χ3n) is 4.50. The van der Waals surface area contributed by atoms with Crippen molar-refractivity contribution in [1.82, 2.24) is 14.7 Å². The van der Waals surface area contributed by atoms with Gasteiger partial charge in [-0.25, -0.2) is 4.98 Å². The summed E-state index contributed by atoms with van der Waals surface area (Å²) >= 11 is 0. The van der Waals surface area contributed by atoms with Crippen LogP contribution in [0.25, 0.3) is 5.65 Å². The lowest BCUT2D eigenvalue weighted by Crippen LogP contribution is -2.43. The molecule has 0 aliphatic heterocycles. The average Bonchev–Trinajstić information content (AvgIpc) is 2.56. The number of aliphatic carboxylic acids is 1. The van der Waals surface area contributed by atoms with Crippen LogP contribution in [0, 0.1) is 12.3 Å². The van der Waals surface area contributed by atoms with Gasteiger partial charge >= 0.3 is 5.97 Å². The molecule has 0 bridgehead atoms. The molecule has 2 aromatic rings. The molecule has 0 atom stereocenters. The number of pyridine rings is 1. The maximum atomic E-state index is 12.4. The van der Waals surface area contributed by atoms with Crippen molar-refractivity contribution in [1.29, 1.82) is 0 Å². The van der Waals surface area contributed by atoms with Crippen LogP contribution < -0.4 is 10.9 Å². The topological polar surface area (TPSA) is 101 Å². The molecule has 128 valence electrons. The van der Waals surface area contributed by atoms with Crippen molar-refractivity contribution >= 4 is 17.5 Å². The number of hydrogen-bond donors (Lipinski definition) is 2. The highest BCUT2D eigenvalue weighted by molar-refractivity contribution is 5.94. The minimum atomic E-state index is -1.03. The molecule has 2 heterocycles. The number of aromatic nitrogens is 2. The van der Waals surface area contributed by atoms with Gasteiger partial charge < -0.3 is 10.4 Å². The summed E-state index contributed by atoms with van der Waals surface area (Å²) < 4.78 is 1.30. The Morgan fingerprint density at radius 2 is 2.00 bits per heavy atom. The smallest absolute Gasteiger partial charge is 0.311 e. The van der Waals surface area contributed by atoms with Gasteiger partial charge in [0.2, 0.25) is 0 Å². The van der Waals surface area contributed by atoms with E-state index in [9.17, 15) is 19.5 Å². The number of carboxylic acid groups (broad SMARTS) is 1. The van der Waals surface area contributed by atoms with E-state index in [2.05, 4.69) is 10.3 Å². The Balaban J connectivity index is 2.29. The molecule has 0 aliphatic rings. The molecular weight excluding hydrogens is 310 g/mol. The third kappa shape index (κ3) is 3.15. The van der Waals surface area contributed by atoms with Crippen LogP contribution in [0.1, 0.15) is 42.6 Å². The first-order valence-electron chi connectivity index (χ1n) is 7.84. The van der Waals surface area contributed by atoms with Gasteiger partial charge in [0.15, 0.2) is 0 Å². The monoisotopic (exact) mass is 331 g/mol. The van der Waals surface area contributed by atoms with Crippen molar-refractivity contribution in [3.05, 3.63) is 46.0 Å². The summed E-state index contributed by atoms with van der Waals surface area (Å²) in [4.78, 5) is 40.4. The Bertz CT molecular complexity index is 837. The van der Waals surface area contributed by atoms with Crippen LogP contribution in [0.4, 0.5) is 0 Å². The van der Waals surface area contributed by atoms with Gasteiger partial charge in [0.25, 0.3) is 11.5 Å². The molecule has 0 fully saturated rings. The van der Waals surface area contributed by atoms with Gasteiger partial charge in [0.05, 0.1) is 5.41 Å². The summed E-state index contributed by atoms with van der Waals surface area (Å²) in [5.74, 6) is -1.58. The first kappa shape index (κ1) is 17.7. The summed E-state index contributed by atoms with van der Waals surface area (Å²) in [5, 5.41) is 12.0. The normalized spacial score (nSPS) is 11.5. The summed E-state index contributed by atoms with van der Waals surface area (Å²) in [6.07, 6.45) is 3.56. The van der Waals surface area contributed by atoms with Crippen LogP contribution in [-0.4, -0.2) is 32.9 Å². The van der Waals surface area contributed by atoms with Crippen molar-refractivity contribution in [2.24, 2.45) is 5.41 Å². The first-order valence-corrected chi connectivity index (χ1v) is 7.84. The fourth-order valence-electron chi connectivity index (χ4n) is 2.56. The van der Waals surface area contributed by atoms with Crippen molar-refractivity contribution in [3.63, 3.8) is 0 Å². The molecule has 0 aromatic carbocycles. The number of carbonyl (C=O) groups excluding carboxylic acids is 1. The fourth-order valence-corrected chi connectivity index (χ4v) is 2.56. The molecule has 7 nitrogen and oxygen atoms in total. The minimum absolute atomic E-state index is 0.0375.